The fourth-order valence-electron chi connectivity index (χ4n) is 1.71. The van der Waals surface area contributed by atoms with E-state index in [1.54, 1.807) is 31.2 Å². The summed E-state index contributed by atoms with van der Waals surface area (Å²) in [5.74, 6) is 0. The van der Waals surface area contributed by atoms with Gasteiger partial charge in [-0.1, -0.05) is 17.7 Å². The van der Waals surface area contributed by atoms with Gasteiger partial charge < -0.3 is 0 Å². The fraction of sp³-hybridized carbons (Fsp3) is 0.214. The van der Waals surface area contributed by atoms with Gasteiger partial charge in [-0.2, -0.15) is 0 Å². The number of aromatic nitrogens is 1. The van der Waals surface area contributed by atoms with E-state index in [2.05, 4.69) is 9.71 Å². The van der Waals surface area contributed by atoms with E-state index in [1.165, 1.54) is 6.20 Å². The van der Waals surface area contributed by atoms with Crippen LogP contribution in [0.5, 0.6) is 0 Å². The monoisotopic (exact) mass is 310 g/mol. The van der Waals surface area contributed by atoms with Gasteiger partial charge in [0, 0.05) is 0 Å². The lowest BCUT2D eigenvalue weighted by molar-refractivity contribution is 0.601. The maximum Gasteiger partial charge on any atom is 0.261 e. The van der Waals surface area contributed by atoms with Crippen molar-refractivity contribution in [2.75, 3.05) is 4.72 Å². The van der Waals surface area contributed by atoms with Crippen LogP contribution in [0.2, 0.25) is 5.15 Å². The van der Waals surface area contributed by atoms with Crippen molar-refractivity contribution in [1.29, 1.82) is 0 Å². The molecule has 6 heteroatoms. The van der Waals surface area contributed by atoms with Gasteiger partial charge in [-0.25, -0.2) is 13.4 Å². The molecule has 0 saturated heterocycles. The zero-order valence-corrected chi connectivity index (χ0v) is 13.0. The Bertz CT molecular complexity index is 758. The quantitative estimate of drug-likeness (QED) is 0.883. The molecule has 0 saturated carbocycles. The molecule has 0 aliphatic heterocycles. The average Bonchev–Trinajstić information content (AvgIpc) is 2.37. The van der Waals surface area contributed by atoms with Crippen molar-refractivity contribution in [1.82, 2.24) is 4.98 Å². The number of nitrogens with zero attached hydrogens (tertiary/aromatic N) is 1. The van der Waals surface area contributed by atoms with Gasteiger partial charge in [0.25, 0.3) is 10.0 Å². The molecule has 1 N–H and O–H groups in total. The molecule has 1 heterocycles. The van der Waals surface area contributed by atoms with Gasteiger partial charge in [-0.15, -0.1) is 0 Å². The van der Waals surface area contributed by atoms with Crippen molar-refractivity contribution in [3.05, 3.63) is 52.3 Å². The van der Waals surface area contributed by atoms with Crippen molar-refractivity contribution in [3.63, 3.8) is 0 Å². The minimum absolute atomic E-state index is 0.230. The van der Waals surface area contributed by atoms with Crippen molar-refractivity contribution in [2.45, 2.75) is 25.7 Å². The molecule has 4 nitrogen and oxygen atoms in total. The number of nitrogens with one attached hydrogen (secondary N) is 1. The van der Waals surface area contributed by atoms with Crippen LogP contribution in [0, 0.1) is 20.8 Å². The van der Waals surface area contributed by atoms with Crippen molar-refractivity contribution < 1.29 is 8.42 Å². The lowest BCUT2D eigenvalue weighted by Gasteiger charge is -2.10. The molecule has 0 amide bonds. The van der Waals surface area contributed by atoms with E-state index < -0.39 is 10.0 Å². The molecule has 0 unspecified atom stereocenters. The molecule has 106 valence electrons. The van der Waals surface area contributed by atoms with Gasteiger partial charge in [0.2, 0.25) is 0 Å². The first-order valence-electron chi connectivity index (χ1n) is 6.02. The van der Waals surface area contributed by atoms with Crippen molar-refractivity contribution in [3.8, 4) is 0 Å². The minimum Gasteiger partial charge on any atom is -0.278 e. The van der Waals surface area contributed by atoms with Crippen molar-refractivity contribution >= 4 is 27.3 Å². The molecule has 20 heavy (non-hydrogen) atoms. The summed E-state index contributed by atoms with van der Waals surface area (Å²) in [5, 5.41) is 0.360. The Balaban J connectivity index is 2.35. The topological polar surface area (TPSA) is 59.1 Å². The lowest BCUT2D eigenvalue weighted by atomic mass is 10.1. The summed E-state index contributed by atoms with van der Waals surface area (Å²) < 4.78 is 27.1. The summed E-state index contributed by atoms with van der Waals surface area (Å²) in [5.41, 5.74) is 3.09. The Morgan fingerprint density at radius 1 is 1.05 bits per heavy atom. The second-order valence-corrected chi connectivity index (χ2v) is 6.72. The van der Waals surface area contributed by atoms with E-state index in [0.29, 0.717) is 16.4 Å². The van der Waals surface area contributed by atoms with Gasteiger partial charge in [-0.3, -0.25) is 4.72 Å². The number of sulfonamides is 1. The highest BCUT2D eigenvalue weighted by molar-refractivity contribution is 7.92. The molecule has 1 aromatic heterocycles. The molecule has 0 aliphatic carbocycles. The number of anilines is 1. The minimum atomic E-state index is -3.62. The molecule has 0 aliphatic rings. The molecule has 0 spiro atoms. The Labute approximate surface area is 123 Å². The highest BCUT2D eigenvalue weighted by Gasteiger charge is 2.15. The van der Waals surface area contributed by atoms with E-state index in [0.717, 1.165) is 11.1 Å². The third-order valence-electron chi connectivity index (χ3n) is 3.06. The highest BCUT2D eigenvalue weighted by atomic mass is 35.5. The van der Waals surface area contributed by atoms with Crippen LogP contribution in [0.3, 0.4) is 0 Å². The Hall–Kier alpha value is -1.59. The molecular formula is C14H15ClN2O2S. The van der Waals surface area contributed by atoms with Crippen LogP contribution in [0.4, 0.5) is 5.69 Å². The number of hydrogen-bond donors (Lipinski definition) is 1. The van der Waals surface area contributed by atoms with Crippen LogP contribution in [0.15, 0.2) is 35.4 Å². The van der Waals surface area contributed by atoms with E-state index in [1.807, 2.05) is 13.8 Å². The molecular weight excluding hydrogens is 296 g/mol. The van der Waals surface area contributed by atoms with Gasteiger partial charge in [0.15, 0.2) is 0 Å². The van der Waals surface area contributed by atoms with Crippen LogP contribution >= 0.6 is 11.6 Å². The summed E-state index contributed by atoms with van der Waals surface area (Å²) >= 11 is 5.82. The largest absolute Gasteiger partial charge is 0.278 e. The van der Waals surface area contributed by atoms with E-state index in [4.69, 9.17) is 11.6 Å². The van der Waals surface area contributed by atoms with Crippen LogP contribution in [-0.2, 0) is 10.0 Å². The van der Waals surface area contributed by atoms with Gasteiger partial charge in [-0.05, 0) is 55.7 Å². The molecule has 1 aromatic carbocycles. The number of hydrogen-bond acceptors (Lipinski definition) is 3. The Morgan fingerprint density at radius 2 is 1.75 bits per heavy atom. The first-order valence-corrected chi connectivity index (χ1v) is 7.88. The summed E-state index contributed by atoms with van der Waals surface area (Å²) in [6, 6.07) is 6.66. The summed E-state index contributed by atoms with van der Waals surface area (Å²) in [4.78, 5) is 4.16. The molecule has 0 bridgehead atoms. The molecule has 2 aromatic rings. The van der Waals surface area contributed by atoms with Gasteiger partial charge in [0.1, 0.15) is 5.15 Å². The molecule has 2 rings (SSSR count). The zero-order chi connectivity index (χ0) is 14.9. The SMILES string of the molecule is Cc1ccc(S(=O)(=O)Nc2cnc(Cl)c(C)c2)cc1C. The third kappa shape index (κ3) is 3.11. The predicted molar refractivity (Wildman–Crippen MR) is 80.7 cm³/mol. The van der Waals surface area contributed by atoms with Crippen LogP contribution in [0.1, 0.15) is 16.7 Å². The van der Waals surface area contributed by atoms with Gasteiger partial charge >= 0.3 is 0 Å². The molecule has 0 atom stereocenters. The lowest BCUT2D eigenvalue weighted by Crippen LogP contribution is -2.13. The Kier molecular flexibility index (Phi) is 4.01. The maximum atomic E-state index is 12.3. The fourth-order valence-corrected chi connectivity index (χ4v) is 2.93. The number of aryl methyl sites for hydroxylation is 3. The van der Waals surface area contributed by atoms with E-state index >= 15 is 0 Å². The maximum absolute atomic E-state index is 12.3. The number of pyridine rings is 1. The van der Waals surface area contributed by atoms with Crippen LogP contribution < -0.4 is 4.72 Å². The standard InChI is InChI=1S/C14H15ClN2O2S/c1-9-4-5-13(7-10(9)2)20(18,19)17-12-6-11(3)14(15)16-8-12/h4-8,17H,1-3H3. The first kappa shape index (κ1) is 14.8. The normalized spacial score (nSPS) is 11.4. The number of benzene rings is 1. The predicted octanol–water partition coefficient (Wildman–Crippen LogP) is 3.46. The van der Waals surface area contributed by atoms with Crippen molar-refractivity contribution in [2.24, 2.45) is 0 Å². The number of rotatable bonds is 3. The number of halogens is 1. The average molecular weight is 311 g/mol. The van der Waals surface area contributed by atoms with E-state index in [9.17, 15) is 8.42 Å². The van der Waals surface area contributed by atoms with Gasteiger partial charge in [0.05, 0.1) is 16.8 Å². The third-order valence-corrected chi connectivity index (χ3v) is 4.83. The Morgan fingerprint density at radius 3 is 2.35 bits per heavy atom. The first-order chi connectivity index (χ1) is 9.29. The second kappa shape index (κ2) is 5.42. The zero-order valence-electron chi connectivity index (χ0n) is 11.4. The molecule has 0 fully saturated rings. The van der Waals surface area contributed by atoms with Crippen LogP contribution in [0.25, 0.3) is 0 Å². The second-order valence-electron chi connectivity index (χ2n) is 4.68. The smallest absolute Gasteiger partial charge is 0.261 e. The summed E-state index contributed by atoms with van der Waals surface area (Å²) in [6.45, 7) is 5.58. The van der Waals surface area contributed by atoms with E-state index in [-0.39, 0.29) is 4.90 Å². The highest BCUT2D eigenvalue weighted by Crippen LogP contribution is 2.21. The van der Waals surface area contributed by atoms with Crippen LogP contribution in [-0.4, -0.2) is 13.4 Å². The molecule has 0 radical (unpaired) electrons. The summed E-state index contributed by atoms with van der Waals surface area (Å²) in [7, 11) is -3.62. The summed E-state index contributed by atoms with van der Waals surface area (Å²) in [6.07, 6.45) is 1.40.